The standard InChI is InChI=1S/C24H19N3O2/c28-23-21(18-9-2-1-3-10-18)22(26-15-13-17-8-4-5-12-20(17)26)24(29)27(23)16-19-11-6-7-14-25-19/h1-12,14H,13,15-16H2. The molecular weight excluding hydrogens is 362 g/mol. The topological polar surface area (TPSA) is 53.5 Å². The number of pyridine rings is 1. The second-order valence-electron chi connectivity index (χ2n) is 7.14. The first-order valence-corrected chi connectivity index (χ1v) is 9.65. The van der Waals surface area contributed by atoms with Gasteiger partial charge in [-0.25, -0.2) is 0 Å². The van der Waals surface area contributed by atoms with Gasteiger partial charge in [0.25, 0.3) is 11.8 Å². The van der Waals surface area contributed by atoms with E-state index in [0.717, 1.165) is 17.7 Å². The van der Waals surface area contributed by atoms with Crippen LogP contribution < -0.4 is 4.90 Å². The predicted octanol–water partition coefficient (Wildman–Crippen LogP) is 3.42. The molecule has 3 aromatic rings. The molecule has 2 amide bonds. The van der Waals surface area contributed by atoms with Crippen molar-refractivity contribution < 1.29 is 9.59 Å². The molecular formula is C24H19N3O2. The molecule has 29 heavy (non-hydrogen) atoms. The third-order valence-corrected chi connectivity index (χ3v) is 5.41. The number of para-hydroxylation sites is 1. The average molecular weight is 381 g/mol. The van der Waals surface area contributed by atoms with Crippen LogP contribution in [0.15, 0.2) is 84.7 Å². The van der Waals surface area contributed by atoms with Gasteiger partial charge in [-0.05, 0) is 35.7 Å². The molecule has 5 heteroatoms. The molecule has 0 saturated heterocycles. The molecule has 142 valence electrons. The number of benzene rings is 2. The number of hydrogen-bond acceptors (Lipinski definition) is 4. The molecule has 0 radical (unpaired) electrons. The van der Waals surface area contributed by atoms with E-state index in [1.807, 2.05) is 71.6 Å². The zero-order chi connectivity index (χ0) is 19.8. The number of amides is 2. The number of carbonyl (C=O) groups excluding carboxylic acids is 2. The van der Waals surface area contributed by atoms with Gasteiger partial charge < -0.3 is 4.90 Å². The van der Waals surface area contributed by atoms with Crippen molar-refractivity contribution in [2.24, 2.45) is 0 Å². The zero-order valence-electron chi connectivity index (χ0n) is 15.8. The molecule has 0 N–H and O–H groups in total. The van der Waals surface area contributed by atoms with Crippen LogP contribution in [0.1, 0.15) is 16.8 Å². The van der Waals surface area contributed by atoms with Crippen molar-refractivity contribution in [3.8, 4) is 0 Å². The number of anilines is 1. The fourth-order valence-corrected chi connectivity index (χ4v) is 4.05. The van der Waals surface area contributed by atoms with Crippen LogP contribution >= 0.6 is 0 Å². The maximum atomic E-state index is 13.5. The van der Waals surface area contributed by atoms with Crippen molar-refractivity contribution >= 4 is 23.1 Å². The smallest absolute Gasteiger partial charge is 0.278 e. The van der Waals surface area contributed by atoms with E-state index in [4.69, 9.17) is 0 Å². The molecule has 1 aromatic heterocycles. The summed E-state index contributed by atoms with van der Waals surface area (Å²) in [6.45, 7) is 0.843. The molecule has 3 heterocycles. The highest BCUT2D eigenvalue weighted by Crippen LogP contribution is 2.38. The van der Waals surface area contributed by atoms with Crippen molar-refractivity contribution in [3.05, 3.63) is 102 Å². The summed E-state index contributed by atoms with van der Waals surface area (Å²) >= 11 is 0. The largest absolute Gasteiger partial charge is 0.336 e. The van der Waals surface area contributed by atoms with Gasteiger partial charge in [-0.15, -0.1) is 0 Å². The van der Waals surface area contributed by atoms with E-state index in [1.54, 1.807) is 6.20 Å². The number of carbonyl (C=O) groups is 2. The number of imide groups is 1. The van der Waals surface area contributed by atoms with Gasteiger partial charge in [-0.1, -0.05) is 54.6 Å². The van der Waals surface area contributed by atoms with Crippen LogP contribution in [0.5, 0.6) is 0 Å². The lowest BCUT2D eigenvalue weighted by Crippen LogP contribution is -2.34. The van der Waals surface area contributed by atoms with Crippen LogP contribution in [0.2, 0.25) is 0 Å². The summed E-state index contributed by atoms with van der Waals surface area (Å²) in [7, 11) is 0. The molecule has 0 bridgehead atoms. The molecule has 0 unspecified atom stereocenters. The Morgan fingerprint density at radius 1 is 0.828 bits per heavy atom. The van der Waals surface area contributed by atoms with Crippen LogP contribution in [0.4, 0.5) is 5.69 Å². The minimum Gasteiger partial charge on any atom is -0.336 e. The van der Waals surface area contributed by atoms with Crippen molar-refractivity contribution in [1.29, 1.82) is 0 Å². The molecule has 0 spiro atoms. The van der Waals surface area contributed by atoms with Crippen molar-refractivity contribution in [3.63, 3.8) is 0 Å². The molecule has 0 saturated carbocycles. The minimum absolute atomic E-state index is 0.161. The van der Waals surface area contributed by atoms with Crippen LogP contribution in [0, 0.1) is 0 Å². The monoisotopic (exact) mass is 381 g/mol. The van der Waals surface area contributed by atoms with Gasteiger partial charge in [-0.3, -0.25) is 19.5 Å². The minimum atomic E-state index is -0.272. The lowest BCUT2D eigenvalue weighted by Gasteiger charge is -2.21. The fraction of sp³-hybridized carbons (Fsp3) is 0.125. The van der Waals surface area contributed by atoms with Gasteiger partial charge in [0.1, 0.15) is 5.70 Å². The van der Waals surface area contributed by atoms with Gasteiger partial charge in [0.15, 0.2) is 0 Å². The molecule has 0 atom stereocenters. The van der Waals surface area contributed by atoms with Gasteiger partial charge in [0.2, 0.25) is 0 Å². The number of fused-ring (bicyclic) bond motifs is 1. The SMILES string of the molecule is O=C1C(c2ccccc2)=C(N2CCc3ccccc32)C(=O)N1Cc1ccccn1. The Hall–Kier alpha value is -3.73. The quantitative estimate of drug-likeness (QED) is 0.650. The first-order chi connectivity index (χ1) is 14.2. The average Bonchev–Trinajstić information content (AvgIpc) is 3.29. The van der Waals surface area contributed by atoms with E-state index in [-0.39, 0.29) is 18.4 Å². The van der Waals surface area contributed by atoms with Gasteiger partial charge in [0.05, 0.1) is 17.8 Å². The zero-order valence-corrected chi connectivity index (χ0v) is 15.8. The molecule has 5 rings (SSSR count). The summed E-state index contributed by atoms with van der Waals surface area (Å²) in [5.41, 5.74) is 4.55. The van der Waals surface area contributed by atoms with E-state index < -0.39 is 0 Å². The highest BCUT2D eigenvalue weighted by molar-refractivity contribution is 6.36. The molecule has 2 aliphatic heterocycles. The number of nitrogens with zero attached hydrogens (tertiary/aromatic N) is 3. The number of hydrogen-bond donors (Lipinski definition) is 0. The number of rotatable bonds is 4. The van der Waals surface area contributed by atoms with Gasteiger partial charge in [0, 0.05) is 18.4 Å². The van der Waals surface area contributed by atoms with E-state index in [0.29, 0.717) is 23.5 Å². The fourth-order valence-electron chi connectivity index (χ4n) is 4.05. The molecule has 2 aromatic carbocycles. The summed E-state index contributed by atoms with van der Waals surface area (Å²) in [6, 6.07) is 23.0. The van der Waals surface area contributed by atoms with Crippen molar-refractivity contribution in [2.45, 2.75) is 13.0 Å². The third kappa shape index (κ3) is 2.91. The number of aromatic nitrogens is 1. The lowest BCUT2D eigenvalue weighted by atomic mass is 10.0. The Morgan fingerprint density at radius 3 is 2.38 bits per heavy atom. The third-order valence-electron chi connectivity index (χ3n) is 5.41. The Labute approximate surface area is 168 Å². The Morgan fingerprint density at radius 2 is 1.59 bits per heavy atom. The highest BCUT2D eigenvalue weighted by atomic mass is 16.2. The Bertz CT molecular complexity index is 1120. The normalized spacial score (nSPS) is 16.0. The Balaban J connectivity index is 1.61. The Kier molecular flexibility index (Phi) is 4.21. The summed E-state index contributed by atoms with van der Waals surface area (Å²) in [5, 5.41) is 0. The van der Waals surface area contributed by atoms with E-state index in [2.05, 4.69) is 11.1 Å². The summed E-state index contributed by atoms with van der Waals surface area (Å²) in [4.78, 5) is 34.5. The van der Waals surface area contributed by atoms with Crippen molar-refractivity contribution in [2.75, 3.05) is 11.4 Å². The first-order valence-electron chi connectivity index (χ1n) is 9.65. The predicted molar refractivity (Wildman–Crippen MR) is 111 cm³/mol. The maximum Gasteiger partial charge on any atom is 0.278 e. The van der Waals surface area contributed by atoms with E-state index >= 15 is 0 Å². The second-order valence-corrected chi connectivity index (χ2v) is 7.14. The summed E-state index contributed by atoms with van der Waals surface area (Å²) in [6.07, 6.45) is 2.52. The van der Waals surface area contributed by atoms with Crippen LogP contribution in [-0.2, 0) is 22.6 Å². The highest BCUT2D eigenvalue weighted by Gasteiger charge is 2.43. The molecule has 0 aliphatic carbocycles. The lowest BCUT2D eigenvalue weighted by molar-refractivity contribution is -0.137. The van der Waals surface area contributed by atoms with Crippen molar-refractivity contribution in [1.82, 2.24) is 9.88 Å². The van der Waals surface area contributed by atoms with Crippen LogP contribution in [0.25, 0.3) is 5.57 Å². The van der Waals surface area contributed by atoms with E-state index in [9.17, 15) is 9.59 Å². The molecule has 5 nitrogen and oxygen atoms in total. The summed E-state index contributed by atoms with van der Waals surface area (Å²) in [5.74, 6) is -0.539. The first kappa shape index (κ1) is 17.4. The van der Waals surface area contributed by atoms with Crippen LogP contribution in [-0.4, -0.2) is 28.2 Å². The maximum absolute atomic E-state index is 13.5. The van der Waals surface area contributed by atoms with Crippen LogP contribution in [0.3, 0.4) is 0 Å². The summed E-state index contributed by atoms with van der Waals surface area (Å²) < 4.78 is 0. The van der Waals surface area contributed by atoms with Gasteiger partial charge >= 0.3 is 0 Å². The van der Waals surface area contributed by atoms with E-state index in [1.165, 1.54) is 10.5 Å². The van der Waals surface area contributed by atoms with Gasteiger partial charge in [-0.2, -0.15) is 0 Å². The second kappa shape index (κ2) is 7.02. The molecule has 0 fully saturated rings. The molecule has 2 aliphatic rings.